The molecule has 1 aromatic rings. The van der Waals surface area contributed by atoms with E-state index in [1.54, 1.807) is 0 Å². The van der Waals surface area contributed by atoms with Gasteiger partial charge in [0, 0.05) is 44.3 Å². The number of carbonyl (C=O) groups is 1. The maximum absolute atomic E-state index is 12.7. The smallest absolute Gasteiger partial charge is 0.349 e. The van der Waals surface area contributed by atoms with Gasteiger partial charge in [-0.25, -0.2) is 4.79 Å². The fraction of sp³-hybridized carbons (Fsp3) is 0.727. The summed E-state index contributed by atoms with van der Waals surface area (Å²) in [4.78, 5) is 27.7. The minimum atomic E-state index is -0.518. The number of hydrogen-bond donors (Lipinski definition) is 1. The summed E-state index contributed by atoms with van der Waals surface area (Å²) in [5, 5.41) is 3.06. The highest BCUT2D eigenvalue weighted by Gasteiger charge is 2.28. The summed E-state index contributed by atoms with van der Waals surface area (Å²) in [7, 11) is 0. The van der Waals surface area contributed by atoms with Gasteiger partial charge in [-0.3, -0.25) is 4.79 Å². The van der Waals surface area contributed by atoms with E-state index in [0.717, 1.165) is 64.8 Å². The van der Waals surface area contributed by atoms with Crippen molar-refractivity contribution < 1.29 is 13.9 Å². The van der Waals surface area contributed by atoms with Crippen LogP contribution in [0.4, 0.5) is 0 Å². The van der Waals surface area contributed by atoms with E-state index in [9.17, 15) is 9.59 Å². The van der Waals surface area contributed by atoms with Crippen molar-refractivity contribution in [1.82, 2.24) is 10.2 Å². The maximum atomic E-state index is 12.7. The fourth-order valence-electron chi connectivity index (χ4n) is 4.44. The molecule has 0 aromatic carbocycles. The topological polar surface area (TPSA) is 71.8 Å². The second-order valence-electron chi connectivity index (χ2n) is 8.31. The summed E-state index contributed by atoms with van der Waals surface area (Å²) in [5.41, 5.74) is 0.334. The highest BCUT2D eigenvalue weighted by molar-refractivity contribution is 5.95. The first-order valence-electron chi connectivity index (χ1n) is 10.8. The van der Waals surface area contributed by atoms with Gasteiger partial charge in [-0.1, -0.05) is 20.3 Å². The molecular formula is C22H34N2O4. The average molecular weight is 391 g/mol. The molecule has 2 fully saturated rings. The molecule has 6 heteroatoms. The van der Waals surface area contributed by atoms with Crippen molar-refractivity contribution in [2.24, 2.45) is 0 Å². The van der Waals surface area contributed by atoms with Crippen molar-refractivity contribution in [2.45, 2.75) is 77.3 Å². The number of nitrogens with one attached hydrogen (secondary N) is 1. The van der Waals surface area contributed by atoms with E-state index in [2.05, 4.69) is 17.1 Å². The molecule has 6 nitrogen and oxygen atoms in total. The van der Waals surface area contributed by atoms with E-state index < -0.39 is 5.63 Å². The molecule has 156 valence electrons. The molecule has 1 aromatic heterocycles. The first-order chi connectivity index (χ1) is 13.5. The lowest BCUT2D eigenvalue weighted by Crippen LogP contribution is -2.49. The molecule has 0 bridgehead atoms. The Morgan fingerprint density at radius 1 is 1.25 bits per heavy atom. The molecule has 0 aliphatic carbocycles. The molecule has 2 aliphatic rings. The second-order valence-corrected chi connectivity index (χ2v) is 8.31. The van der Waals surface area contributed by atoms with E-state index in [1.165, 1.54) is 0 Å². The van der Waals surface area contributed by atoms with Crippen LogP contribution in [0.15, 0.2) is 15.3 Å². The van der Waals surface area contributed by atoms with Crippen LogP contribution in [0, 0.1) is 6.92 Å². The predicted octanol–water partition coefficient (Wildman–Crippen LogP) is 3.23. The summed E-state index contributed by atoms with van der Waals surface area (Å²) in [6, 6.07) is 2.57. The number of piperidine rings is 1. The molecule has 1 atom stereocenters. The Labute approximate surface area is 167 Å². The third kappa shape index (κ3) is 5.03. The lowest BCUT2D eigenvalue weighted by atomic mass is 9.98. The van der Waals surface area contributed by atoms with Crippen molar-refractivity contribution in [3.8, 4) is 0 Å². The molecule has 3 rings (SSSR count). The van der Waals surface area contributed by atoms with Crippen LogP contribution in [0.2, 0.25) is 0 Å². The molecule has 1 unspecified atom stereocenters. The Kier molecular flexibility index (Phi) is 7.30. The maximum Gasteiger partial charge on any atom is 0.349 e. The van der Waals surface area contributed by atoms with Gasteiger partial charge in [0.25, 0.3) is 5.91 Å². The third-order valence-electron chi connectivity index (χ3n) is 6.17. The number of hydrogen-bond acceptors (Lipinski definition) is 5. The van der Waals surface area contributed by atoms with Crippen molar-refractivity contribution in [3.63, 3.8) is 0 Å². The molecular weight excluding hydrogens is 356 g/mol. The monoisotopic (exact) mass is 390 g/mol. The van der Waals surface area contributed by atoms with Crippen LogP contribution in [0.5, 0.6) is 0 Å². The molecule has 1 N–H and O–H groups in total. The number of carbonyl (C=O) groups excluding carboxylic acids is 1. The normalized spacial score (nSPS) is 20.8. The van der Waals surface area contributed by atoms with Crippen LogP contribution in [0.3, 0.4) is 0 Å². The quantitative estimate of drug-likeness (QED) is 0.807. The van der Waals surface area contributed by atoms with Crippen molar-refractivity contribution in [1.29, 1.82) is 0 Å². The minimum absolute atomic E-state index is 0.112. The van der Waals surface area contributed by atoms with Crippen LogP contribution in [0.1, 0.15) is 80.0 Å². The zero-order valence-electron chi connectivity index (χ0n) is 17.5. The van der Waals surface area contributed by atoms with E-state index in [1.807, 2.05) is 19.9 Å². The fourth-order valence-corrected chi connectivity index (χ4v) is 4.44. The number of amides is 1. The molecule has 2 aliphatic heterocycles. The average Bonchev–Trinajstić information content (AvgIpc) is 2.69. The molecule has 1 amide bonds. The van der Waals surface area contributed by atoms with Gasteiger partial charge in [-0.2, -0.15) is 0 Å². The van der Waals surface area contributed by atoms with Gasteiger partial charge in [0.05, 0.1) is 0 Å². The van der Waals surface area contributed by atoms with Crippen LogP contribution < -0.4 is 10.9 Å². The number of aryl methyl sites for hydroxylation is 1. The van der Waals surface area contributed by atoms with Crippen LogP contribution in [0.25, 0.3) is 0 Å². The van der Waals surface area contributed by atoms with Crippen molar-refractivity contribution in [3.05, 3.63) is 33.4 Å². The van der Waals surface area contributed by atoms with Gasteiger partial charge in [0.1, 0.15) is 11.3 Å². The summed E-state index contributed by atoms with van der Waals surface area (Å²) >= 11 is 0. The number of ether oxygens (including phenoxy) is 1. The van der Waals surface area contributed by atoms with Gasteiger partial charge >= 0.3 is 5.63 Å². The largest absolute Gasteiger partial charge is 0.427 e. The molecule has 28 heavy (non-hydrogen) atoms. The third-order valence-corrected chi connectivity index (χ3v) is 6.17. The van der Waals surface area contributed by atoms with Crippen molar-refractivity contribution in [2.75, 3.05) is 26.3 Å². The van der Waals surface area contributed by atoms with Crippen molar-refractivity contribution >= 4 is 5.91 Å². The van der Waals surface area contributed by atoms with Gasteiger partial charge < -0.3 is 19.4 Å². The van der Waals surface area contributed by atoms with E-state index >= 15 is 0 Å². The van der Waals surface area contributed by atoms with Crippen LogP contribution in [-0.2, 0) is 4.74 Å². The van der Waals surface area contributed by atoms with E-state index in [4.69, 9.17) is 9.15 Å². The van der Waals surface area contributed by atoms with E-state index in [-0.39, 0.29) is 23.4 Å². The Balaban J connectivity index is 1.58. The van der Waals surface area contributed by atoms with Crippen LogP contribution in [-0.4, -0.2) is 49.2 Å². The zero-order chi connectivity index (χ0) is 20.1. The van der Waals surface area contributed by atoms with E-state index in [0.29, 0.717) is 17.4 Å². The summed E-state index contributed by atoms with van der Waals surface area (Å²) in [6.07, 6.45) is 6.01. The number of nitrogens with zero attached hydrogens (tertiary/aromatic N) is 1. The van der Waals surface area contributed by atoms with Crippen LogP contribution >= 0.6 is 0 Å². The Morgan fingerprint density at radius 2 is 1.93 bits per heavy atom. The lowest BCUT2D eigenvalue weighted by Gasteiger charge is -2.39. The standard InChI is InChI=1S/C22H34N2O4/c1-4-5-15(2)19-14-16(3)20(22(26)28-19)21(25)23-17-6-10-24(11-7-17)18-8-12-27-13-9-18/h14-15,17-18H,4-13H2,1-3H3,(H,23,25). The highest BCUT2D eigenvalue weighted by Crippen LogP contribution is 2.22. The predicted molar refractivity (Wildman–Crippen MR) is 109 cm³/mol. The first-order valence-corrected chi connectivity index (χ1v) is 10.8. The highest BCUT2D eigenvalue weighted by atomic mass is 16.5. The second kappa shape index (κ2) is 9.70. The molecule has 0 spiro atoms. The minimum Gasteiger partial charge on any atom is -0.427 e. The van der Waals surface area contributed by atoms with Gasteiger partial charge in [-0.15, -0.1) is 0 Å². The summed E-state index contributed by atoms with van der Waals surface area (Å²) < 4.78 is 10.9. The Morgan fingerprint density at radius 3 is 2.54 bits per heavy atom. The molecule has 0 radical (unpaired) electrons. The molecule has 2 saturated heterocycles. The Bertz CT molecular complexity index is 716. The van der Waals surface area contributed by atoms with Gasteiger partial charge in [0.15, 0.2) is 0 Å². The first kappa shape index (κ1) is 21.1. The lowest BCUT2D eigenvalue weighted by molar-refractivity contribution is 0.0238. The number of likely N-dealkylation sites (tertiary alicyclic amines) is 1. The number of rotatable bonds is 6. The summed E-state index contributed by atoms with van der Waals surface area (Å²) in [6.45, 7) is 9.64. The molecule has 3 heterocycles. The molecule has 0 saturated carbocycles. The SMILES string of the molecule is CCCC(C)c1cc(C)c(C(=O)NC2CCN(C3CCOCC3)CC2)c(=O)o1. The zero-order valence-corrected chi connectivity index (χ0v) is 17.5. The Hall–Kier alpha value is -1.66. The summed E-state index contributed by atoms with van der Waals surface area (Å²) in [5.74, 6) is 0.555. The van der Waals surface area contributed by atoms with Gasteiger partial charge in [0.2, 0.25) is 0 Å². The van der Waals surface area contributed by atoms with Gasteiger partial charge in [-0.05, 0) is 50.7 Å².